The van der Waals surface area contributed by atoms with Crippen molar-refractivity contribution >= 4 is 33.0 Å². The smallest absolute Gasteiger partial charge is 0.205 e. The summed E-state index contributed by atoms with van der Waals surface area (Å²) in [5, 5.41) is 0.867. The number of ketones is 1. The molecule has 0 aliphatic heterocycles. The van der Waals surface area contributed by atoms with Crippen LogP contribution in [-0.2, 0) is 12.8 Å². The molecule has 5 nitrogen and oxygen atoms in total. The first kappa shape index (κ1) is 20.5. The maximum atomic E-state index is 13.3. The monoisotopic (exact) mass is 444 g/mol. The largest absolute Gasteiger partial charge is 0.493 e. The molecular formula is C26H24N2O3S. The van der Waals surface area contributed by atoms with Crippen LogP contribution in [0.2, 0.25) is 0 Å². The Morgan fingerprint density at radius 3 is 2.59 bits per heavy atom. The average Bonchev–Trinajstić information content (AvgIpc) is 3.17. The van der Waals surface area contributed by atoms with E-state index < -0.39 is 0 Å². The zero-order valence-corrected chi connectivity index (χ0v) is 18.9. The molecule has 5 rings (SSSR count). The van der Waals surface area contributed by atoms with Crippen molar-refractivity contribution in [3.05, 3.63) is 81.9 Å². The fourth-order valence-corrected chi connectivity index (χ4v) is 5.54. The number of anilines is 1. The van der Waals surface area contributed by atoms with Crippen molar-refractivity contribution in [1.82, 2.24) is 4.98 Å². The van der Waals surface area contributed by atoms with E-state index in [2.05, 4.69) is 30.3 Å². The Bertz CT molecular complexity index is 1310. The van der Waals surface area contributed by atoms with Crippen LogP contribution < -0.4 is 15.2 Å². The Balaban J connectivity index is 1.50. The summed E-state index contributed by atoms with van der Waals surface area (Å²) in [4.78, 5) is 19.5. The Hall–Kier alpha value is -3.38. The van der Waals surface area contributed by atoms with Gasteiger partial charge in [-0.2, -0.15) is 0 Å². The molecule has 4 aromatic rings. The Labute approximate surface area is 190 Å². The number of pyridine rings is 1. The molecule has 0 spiro atoms. The summed E-state index contributed by atoms with van der Waals surface area (Å²) in [6, 6.07) is 17.9. The first-order chi connectivity index (χ1) is 15.6. The van der Waals surface area contributed by atoms with E-state index in [1.54, 1.807) is 32.4 Å². The number of aromatic nitrogens is 1. The van der Waals surface area contributed by atoms with Crippen molar-refractivity contribution in [3.8, 4) is 11.5 Å². The van der Waals surface area contributed by atoms with Crippen LogP contribution in [0.25, 0.3) is 10.2 Å². The molecule has 1 atom stereocenters. The minimum atomic E-state index is -0.133. The highest BCUT2D eigenvalue weighted by atomic mass is 32.1. The summed E-state index contributed by atoms with van der Waals surface area (Å²) in [7, 11) is 3.12. The summed E-state index contributed by atoms with van der Waals surface area (Å²) in [6.07, 6.45) is 2.95. The van der Waals surface area contributed by atoms with Crippen LogP contribution in [0.3, 0.4) is 0 Å². The number of carbonyl (C=O) groups is 1. The van der Waals surface area contributed by atoms with E-state index in [4.69, 9.17) is 20.2 Å². The van der Waals surface area contributed by atoms with Crippen molar-refractivity contribution in [1.29, 1.82) is 0 Å². The minimum Gasteiger partial charge on any atom is -0.493 e. The zero-order valence-electron chi connectivity index (χ0n) is 18.1. The predicted molar refractivity (Wildman–Crippen MR) is 128 cm³/mol. The summed E-state index contributed by atoms with van der Waals surface area (Å²) in [6.45, 7) is 0. The molecule has 0 fully saturated rings. The van der Waals surface area contributed by atoms with Crippen molar-refractivity contribution in [2.75, 3.05) is 20.0 Å². The van der Waals surface area contributed by atoms with Crippen LogP contribution >= 0.6 is 11.3 Å². The predicted octanol–water partition coefficient (Wildman–Crippen LogP) is 5.40. The average molecular weight is 445 g/mol. The van der Waals surface area contributed by atoms with Gasteiger partial charge in [0.25, 0.3) is 0 Å². The van der Waals surface area contributed by atoms with Gasteiger partial charge in [-0.15, -0.1) is 11.3 Å². The number of nitrogens with zero attached hydrogens (tertiary/aromatic N) is 1. The van der Waals surface area contributed by atoms with Crippen LogP contribution in [0.1, 0.15) is 44.4 Å². The molecule has 0 bridgehead atoms. The summed E-state index contributed by atoms with van der Waals surface area (Å²) in [5.41, 5.74) is 11.2. The Morgan fingerprint density at radius 1 is 1.06 bits per heavy atom. The molecule has 0 amide bonds. The van der Waals surface area contributed by atoms with Gasteiger partial charge in [0, 0.05) is 16.6 Å². The first-order valence-corrected chi connectivity index (χ1v) is 11.4. The molecule has 0 saturated carbocycles. The molecule has 0 saturated heterocycles. The fourth-order valence-electron chi connectivity index (χ4n) is 4.48. The van der Waals surface area contributed by atoms with Gasteiger partial charge in [0.05, 0.1) is 19.9 Å². The van der Waals surface area contributed by atoms with Gasteiger partial charge >= 0.3 is 0 Å². The van der Waals surface area contributed by atoms with Crippen LogP contribution in [0.4, 0.5) is 5.69 Å². The van der Waals surface area contributed by atoms with Gasteiger partial charge in [-0.05, 0) is 60.6 Å². The third-order valence-corrected chi connectivity index (χ3v) is 7.32. The number of rotatable bonds is 5. The third-order valence-electron chi connectivity index (χ3n) is 6.21. The second kappa shape index (κ2) is 8.28. The molecule has 1 aliphatic rings. The fraction of sp³-hybridized carbons (Fsp3) is 0.231. The number of carbonyl (C=O) groups excluding carboxylic acids is 1. The van der Waals surface area contributed by atoms with Crippen molar-refractivity contribution in [3.63, 3.8) is 0 Å². The third kappa shape index (κ3) is 3.50. The molecule has 1 aliphatic carbocycles. The van der Waals surface area contributed by atoms with E-state index >= 15 is 0 Å². The zero-order chi connectivity index (χ0) is 22.2. The lowest BCUT2D eigenvalue weighted by molar-refractivity contribution is 0.104. The second-order valence-electron chi connectivity index (χ2n) is 8.04. The second-order valence-corrected chi connectivity index (χ2v) is 9.04. The van der Waals surface area contributed by atoms with Crippen LogP contribution in [0, 0.1) is 0 Å². The van der Waals surface area contributed by atoms with E-state index in [-0.39, 0.29) is 5.78 Å². The molecule has 162 valence electrons. The Morgan fingerprint density at radius 2 is 1.84 bits per heavy atom. The number of benzene rings is 2. The standard InChI is InChI=1S/C26H24N2O3S/c1-30-21-11-9-17(14-22(21)31-2)24(29)25-23(27)19-13-18-12-16(15-6-4-3-5-7-15)8-10-20(18)28-26(19)32-25/h3-7,9,11,13-14,16H,8,10,12,27H2,1-2H3. The van der Waals surface area contributed by atoms with E-state index in [1.165, 1.54) is 22.5 Å². The maximum Gasteiger partial charge on any atom is 0.205 e. The van der Waals surface area contributed by atoms with Gasteiger partial charge in [0.1, 0.15) is 9.71 Å². The lowest BCUT2D eigenvalue weighted by Crippen LogP contribution is -2.14. The molecule has 2 heterocycles. The number of methoxy groups -OCH3 is 2. The van der Waals surface area contributed by atoms with Gasteiger partial charge < -0.3 is 15.2 Å². The molecule has 2 aromatic carbocycles. The number of ether oxygens (including phenoxy) is 2. The molecular weight excluding hydrogens is 420 g/mol. The van der Waals surface area contributed by atoms with Gasteiger partial charge in [0.2, 0.25) is 5.78 Å². The normalized spacial score (nSPS) is 15.4. The Kier molecular flexibility index (Phi) is 5.31. The first-order valence-electron chi connectivity index (χ1n) is 10.6. The van der Waals surface area contributed by atoms with E-state index in [9.17, 15) is 4.79 Å². The van der Waals surface area contributed by atoms with E-state index in [0.717, 1.165) is 35.2 Å². The highest BCUT2D eigenvalue weighted by molar-refractivity contribution is 7.21. The minimum absolute atomic E-state index is 0.133. The topological polar surface area (TPSA) is 74.4 Å². The number of hydrogen-bond acceptors (Lipinski definition) is 6. The SMILES string of the molecule is COc1ccc(C(=O)c2sc3nc4c(cc3c2N)CC(c2ccccc2)CC4)cc1OC. The van der Waals surface area contributed by atoms with Crippen LogP contribution in [-0.4, -0.2) is 25.0 Å². The number of nitrogen functional groups attached to an aromatic ring is 1. The number of aryl methyl sites for hydroxylation is 1. The quantitative estimate of drug-likeness (QED) is 0.417. The van der Waals surface area contributed by atoms with Crippen LogP contribution in [0.5, 0.6) is 11.5 Å². The molecule has 2 N–H and O–H groups in total. The summed E-state index contributed by atoms with van der Waals surface area (Å²) in [5.74, 6) is 1.44. The lowest BCUT2D eigenvalue weighted by Gasteiger charge is -2.24. The highest BCUT2D eigenvalue weighted by Crippen LogP contribution is 2.39. The van der Waals surface area contributed by atoms with Crippen molar-refractivity contribution in [2.45, 2.75) is 25.2 Å². The lowest BCUT2D eigenvalue weighted by atomic mass is 9.82. The summed E-state index contributed by atoms with van der Waals surface area (Å²) >= 11 is 1.36. The van der Waals surface area contributed by atoms with Crippen molar-refractivity contribution < 1.29 is 14.3 Å². The highest BCUT2D eigenvalue weighted by Gasteiger charge is 2.25. The van der Waals surface area contributed by atoms with Crippen molar-refractivity contribution in [2.24, 2.45) is 0 Å². The molecule has 1 unspecified atom stereocenters. The number of hydrogen-bond donors (Lipinski definition) is 1. The number of nitrogens with two attached hydrogens (primary N) is 1. The van der Waals surface area contributed by atoms with Gasteiger partial charge in [0.15, 0.2) is 11.5 Å². The number of thiophene rings is 1. The molecule has 2 aromatic heterocycles. The van der Waals surface area contributed by atoms with E-state index in [0.29, 0.717) is 33.5 Å². The molecule has 6 heteroatoms. The van der Waals surface area contributed by atoms with Crippen LogP contribution in [0.15, 0.2) is 54.6 Å². The van der Waals surface area contributed by atoms with E-state index in [1.807, 2.05) is 6.07 Å². The molecule has 32 heavy (non-hydrogen) atoms. The van der Waals surface area contributed by atoms with Gasteiger partial charge in [-0.3, -0.25) is 4.79 Å². The maximum absolute atomic E-state index is 13.3. The van der Waals surface area contributed by atoms with Gasteiger partial charge in [-0.25, -0.2) is 4.98 Å². The molecule has 0 radical (unpaired) electrons. The van der Waals surface area contributed by atoms with Gasteiger partial charge in [-0.1, -0.05) is 30.3 Å². The number of fused-ring (bicyclic) bond motifs is 2. The summed E-state index contributed by atoms with van der Waals surface area (Å²) < 4.78 is 10.6.